The Balaban J connectivity index is 2.26. The fourth-order valence-electron chi connectivity index (χ4n) is 1.76. The lowest BCUT2D eigenvalue weighted by Crippen LogP contribution is -2.29. The maximum Gasteiger partial charge on any atom is 0.127 e. The minimum absolute atomic E-state index is 0.174. The number of benzene rings is 1. The summed E-state index contributed by atoms with van der Waals surface area (Å²) >= 11 is 14.2. The lowest BCUT2D eigenvalue weighted by molar-refractivity contribution is 0.529. The molecule has 0 spiro atoms. The van der Waals surface area contributed by atoms with Crippen molar-refractivity contribution in [3.63, 3.8) is 0 Å². The van der Waals surface area contributed by atoms with Crippen molar-refractivity contribution in [3.05, 3.63) is 53.8 Å². The number of rotatable bonds is 4. The molecule has 1 atom stereocenters. The molecule has 2 nitrogen and oxygen atoms in total. The highest BCUT2D eigenvalue weighted by Crippen LogP contribution is 2.36. The van der Waals surface area contributed by atoms with E-state index in [2.05, 4.69) is 37.3 Å². The molecule has 102 valence electrons. The molecule has 2 aromatic rings. The van der Waals surface area contributed by atoms with Crippen LogP contribution in [-0.2, 0) is 6.42 Å². The van der Waals surface area contributed by atoms with Crippen molar-refractivity contribution in [1.29, 1.82) is 0 Å². The van der Waals surface area contributed by atoms with Crippen molar-refractivity contribution in [2.24, 2.45) is 5.84 Å². The SMILES string of the molecule is NNC(Cc1ccc(Cl)cc1F)c1cc(Br)sc1Br. The second-order valence-electron chi connectivity index (χ2n) is 3.94. The van der Waals surface area contributed by atoms with E-state index in [1.807, 2.05) is 6.07 Å². The number of nitrogens with one attached hydrogen (secondary N) is 1. The summed E-state index contributed by atoms with van der Waals surface area (Å²) < 4.78 is 15.8. The van der Waals surface area contributed by atoms with Crippen LogP contribution in [0.5, 0.6) is 0 Å². The average molecular weight is 429 g/mol. The smallest absolute Gasteiger partial charge is 0.127 e. The summed E-state index contributed by atoms with van der Waals surface area (Å²) in [6.07, 6.45) is 0.446. The van der Waals surface area contributed by atoms with Crippen molar-refractivity contribution in [2.45, 2.75) is 12.5 Å². The molecule has 0 saturated carbocycles. The van der Waals surface area contributed by atoms with E-state index in [9.17, 15) is 4.39 Å². The number of halogens is 4. The number of hydrogen-bond donors (Lipinski definition) is 2. The third kappa shape index (κ3) is 3.77. The van der Waals surface area contributed by atoms with Gasteiger partial charge in [0.1, 0.15) is 5.82 Å². The summed E-state index contributed by atoms with van der Waals surface area (Å²) in [5.41, 5.74) is 4.28. The summed E-state index contributed by atoms with van der Waals surface area (Å²) in [6.45, 7) is 0. The molecule has 1 heterocycles. The molecule has 0 aliphatic heterocycles. The molecule has 7 heteroatoms. The van der Waals surface area contributed by atoms with Crippen LogP contribution in [0.3, 0.4) is 0 Å². The van der Waals surface area contributed by atoms with Gasteiger partial charge in [-0.05, 0) is 67.6 Å². The molecule has 19 heavy (non-hydrogen) atoms. The monoisotopic (exact) mass is 426 g/mol. The van der Waals surface area contributed by atoms with Gasteiger partial charge in [-0.3, -0.25) is 11.3 Å². The fourth-order valence-corrected chi connectivity index (χ4v) is 4.89. The maximum atomic E-state index is 13.8. The minimum Gasteiger partial charge on any atom is -0.271 e. The van der Waals surface area contributed by atoms with Crippen molar-refractivity contribution < 1.29 is 4.39 Å². The Morgan fingerprint density at radius 1 is 1.37 bits per heavy atom. The van der Waals surface area contributed by atoms with Crippen LogP contribution in [0.25, 0.3) is 0 Å². The highest BCUT2D eigenvalue weighted by Gasteiger charge is 2.18. The van der Waals surface area contributed by atoms with Gasteiger partial charge in [-0.15, -0.1) is 11.3 Å². The summed E-state index contributed by atoms with van der Waals surface area (Å²) in [5, 5.41) is 0.387. The van der Waals surface area contributed by atoms with Crippen molar-refractivity contribution in [2.75, 3.05) is 0 Å². The first-order chi connectivity index (χ1) is 9.01. The number of hydrazine groups is 1. The number of hydrogen-bond acceptors (Lipinski definition) is 3. The summed E-state index contributed by atoms with van der Waals surface area (Å²) in [7, 11) is 0. The van der Waals surface area contributed by atoms with Crippen LogP contribution in [0.4, 0.5) is 4.39 Å². The molecule has 0 aliphatic rings. The van der Waals surface area contributed by atoms with E-state index in [0.717, 1.165) is 13.1 Å². The third-order valence-electron chi connectivity index (χ3n) is 2.70. The van der Waals surface area contributed by atoms with Crippen LogP contribution in [0.15, 0.2) is 31.8 Å². The topological polar surface area (TPSA) is 38.0 Å². The molecular formula is C12H10Br2ClFN2S. The third-order valence-corrected chi connectivity index (χ3v) is 5.32. The van der Waals surface area contributed by atoms with Gasteiger partial charge in [0.15, 0.2) is 0 Å². The zero-order valence-corrected chi connectivity index (χ0v) is 14.3. The highest BCUT2D eigenvalue weighted by molar-refractivity contribution is 9.12. The minimum atomic E-state index is -0.321. The van der Waals surface area contributed by atoms with Crippen molar-refractivity contribution >= 4 is 54.8 Å². The van der Waals surface area contributed by atoms with Gasteiger partial charge in [0.05, 0.1) is 13.6 Å². The lowest BCUT2D eigenvalue weighted by atomic mass is 10.0. The summed E-state index contributed by atoms with van der Waals surface area (Å²) in [4.78, 5) is 0. The normalized spacial score (nSPS) is 12.7. The van der Waals surface area contributed by atoms with Crippen LogP contribution >= 0.6 is 54.8 Å². The molecule has 1 aromatic carbocycles. The van der Waals surface area contributed by atoms with Gasteiger partial charge in [-0.25, -0.2) is 4.39 Å². The molecule has 2 rings (SSSR count). The first kappa shape index (κ1) is 15.4. The van der Waals surface area contributed by atoms with Gasteiger partial charge in [0, 0.05) is 5.02 Å². The average Bonchev–Trinajstić information content (AvgIpc) is 2.68. The first-order valence-electron chi connectivity index (χ1n) is 5.36. The molecule has 1 unspecified atom stereocenters. The van der Waals surface area contributed by atoms with Crippen LogP contribution in [-0.4, -0.2) is 0 Å². The Labute approximate surface area is 136 Å². The largest absolute Gasteiger partial charge is 0.271 e. The van der Waals surface area contributed by atoms with Crippen LogP contribution < -0.4 is 11.3 Å². The van der Waals surface area contributed by atoms with E-state index in [4.69, 9.17) is 17.4 Å². The van der Waals surface area contributed by atoms with Gasteiger partial charge in [-0.2, -0.15) is 0 Å². The number of nitrogens with two attached hydrogens (primary N) is 1. The Morgan fingerprint density at radius 3 is 2.63 bits per heavy atom. The predicted octanol–water partition coefficient (Wildman–Crippen LogP) is 4.81. The van der Waals surface area contributed by atoms with Crippen LogP contribution in [0, 0.1) is 5.82 Å². The number of thiophene rings is 1. The first-order valence-corrected chi connectivity index (χ1v) is 8.14. The van der Waals surface area contributed by atoms with Crippen molar-refractivity contribution in [3.8, 4) is 0 Å². The predicted molar refractivity (Wildman–Crippen MR) is 84.9 cm³/mol. The quantitative estimate of drug-likeness (QED) is 0.542. The van der Waals surface area contributed by atoms with Gasteiger partial charge >= 0.3 is 0 Å². The maximum absolute atomic E-state index is 13.8. The van der Waals surface area contributed by atoms with Gasteiger partial charge in [-0.1, -0.05) is 17.7 Å². The molecule has 0 fully saturated rings. The Bertz CT molecular complexity index is 591. The van der Waals surface area contributed by atoms with E-state index >= 15 is 0 Å². The zero-order chi connectivity index (χ0) is 14.0. The zero-order valence-electron chi connectivity index (χ0n) is 9.59. The van der Waals surface area contributed by atoms with E-state index in [1.165, 1.54) is 6.07 Å². The van der Waals surface area contributed by atoms with E-state index in [0.29, 0.717) is 17.0 Å². The molecule has 0 amide bonds. The Hall–Kier alpha value is 0.0200. The van der Waals surface area contributed by atoms with Crippen LogP contribution in [0.2, 0.25) is 5.02 Å². The second kappa shape index (κ2) is 6.65. The van der Waals surface area contributed by atoms with Crippen molar-refractivity contribution in [1.82, 2.24) is 5.43 Å². The standard InChI is InChI=1S/C12H10Br2ClFN2S/c13-11-5-8(12(14)19-11)10(18-17)3-6-1-2-7(15)4-9(6)16/h1-2,4-5,10,18H,3,17H2. The molecule has 0 aliphatic carbocycles. The fraction of sp³-hybridized carbons (Fsp3) is 0.167. The second-order valence-corrected chi connectivity index (χ2v) is 8.12. The molecule has 1 aromatic heterocycles. The molecule has 0 bridgehead atoms. The van der Waals surface area contributed by atoms with Crippen LogP contribution in [0.1, 0.15) is 17.2 Å². The van der Waals surface area contributed by atoms with Gasteiger partial charge in [0.2, 0.25) is 0 Å². The Morgan fingerprint density at radius 2 is 2.11 bits per heavy atom. The highest BCUT2D eigenvalue weighted by atomic mass is 79.9. The molecule has 3 N–H and O–H groups in total. The summed E-state index contributed by atoms with van der Waals surface area (Å²) in [6, 6.07) is 6.45. The van der Waals surface area contributed by atoms with E-state index in [-0.39, 0.29) is 11.9 Å². The van der Waals surface area contributed by atoms with Gasteiger partial charge in [0.25, 0.3) is 0 Å². The lowest BCUT2D eigenvalue weighted by Gasteiger charge is -2.16. The van der Waals surface area contributed by atoms with E-state index < -0.39 is 0 Å². The molecular weight excluding hydrogens is 418 g/mol. The van der Waals surface area contributed by atoms with Gasteiger partial charge < -0.3 is 0 Å². The summed E-state index contributed by atoms with van der Waals surface area (Å²) in [5.74, 6) is 5.26. The molecule has 0 saturated heterocycles. The Kier molecular flexibility index (Phi) is 5.39. The van der Waals surface area contributed by atoms with E-state index in [1.54, 1.807) is 23.5 Å². The molecule has 0 radical (unpaired) electrons.